The van der Waals surface area contributed by atoms with Crippen LogP contribution in [0.15, 0.2) is 40.7 Å². The molecule has 12 heteroatoms. The Balaban J connectivity index is 1.76. The van der Waals surface area contributed by atoms with Crippen molar-refractivity contribution in [2.75, 3.05) is 42.7 Å². The Kier molecular flexibility index (Phi) is 7.72. The molecule has 0 amide bonds. The molecule has 0 radical (unpaired) electrons. The number of rotatable bonds is 7. The summed E-state index contributed by atoms with van der Waals surface area (Å²) in [5.41, 5.74) is -0.0773. The summed E-state index contributed by atoms with van der Waals surface area (Å²) in [6.45, 7) is 3.48. The Morgan fingerprint density at radius 2 is 1.51 bits per heavy atom. The summed E-state index contributed by atoms with van der Waals surface area (Å²) in [6, 6.07) is 4.80. The van der Waals surface area contributed by atoms with Crippen molar-refractivity contribution in [3.05, 3.63) is 56.9 Å². The first-order chi connectivity index (χ1) is 20.5. The SMILES string of the molecule is COC(=O)C1=C(C)NC2=C(C(=O)[C@@]3(Oc4c(Cl)c(OC)cc(OC)c4C3=O)[C@H](C)C2)C1c1cc(OC)c(OC)c(OC)c1. The lowest BCUT2D eigenvalue weighted by Gasteiger charge is -2.42. The van der Waals surface area contributed by atoms with E-state index in [4.69, 9.17) is 44.8 Å². The molecule has 2 heterocycles. The van der Waals surface area contributed by atoms with Crippen LogP contribution in [0.2, 0.25) is 5.02 Å². The lowest BCUT2D eigenvalue weighted by atomic mass is 9.65. The number of methoxy groups -OCH3 is 6. The summed E-state index contributed by atoms with van der Waals surface area (Å²) >= 11 is 6.60. The fourth-order valence-corrected chi connectivity index (χ4v) is 6.52. The average molecular weight is 614 g/mol. The molecule has 1 unspecified atom stereocenters. The van der Waals surface area contributed by atoms with Gasteiger partial charge in [0.25, 0.3) is 0 Å². The highest BCUT2D eigenvalue weighted by Gasteiger charge is 2.63. The van der Waals surface area contributed by atoms with Crippen molar-refractivity contribution in [3.8, 4) is 34.5 Å². The number of benzene rings is 2. The number of Topliss-reactive ketones (excluding diaryl/α,β-unsaturated/α-hetero) is 2. The highest BCUT2D eigenvalue weighted by Crippen LogP contribution is 2.56. The molecule has 5 rings (SSSR count). The van der Waals surface area contributed by atoms with E-state index in [1.165, 1.54) is 48.7 Å². The third-order valence-electron chi connectivity index (χ3n) is 8.28. The highest BCUT2D eigenvalue weighted by molar-refractivity contribution is 6.36. The van der Waals surface area contributed by atoms with Crippen molar-refractivity contribution in [2.45, 2.75) is 31.8 Å². The predicted molar refractivity (Wildman–Crippen MR) is 155 cm³/mol. The van der Waals surface area contributed by atoms with Gasteiger partial charge in [0.1, 0.15) is 22.1 Å². The number of nitrogens with one attached hydrogen (secondary N) is 1. The second-order valence-electron chi connectivity index (χ2n) is 10.3. The number of carbonyl (C=O) groups excluding carboxylic acids is 3. The number of hydrogen-bond donors (Lipinski definition) is 1. The minimum atomic E-state index is -1.99. The summed E-state index contributed by atoms with van der Waals surface area (Å²) in [7, 11) is 8.48. The molecule has 1 N–H and O–H groups in total. The highest BCUT2D eigenvalue weighted by atomic mass is 35.5. The maximum Gasteiger partial charge on any atom is 0.336 e. The van der Waals surface area contributed by atoms with Gasteiger partial charge in [0, 0.05) is 34.9 Å². The van der Waals surface area contributed by atoms with Gasteiger partial charge in [-0.2, -0.15) is 0 Å². The van der Waals surface area contributed by atoms with E-state index in [9.17, 15) is 14.4 Å². The number of ketones is 2. The van der Waals surface area contributed by atoms with Gasteiger partial charge in [-0.1, -0.05) is 18.5 Å². The Hall–Kier alpha value is -4.38. The fourth-order valence-electron chi connectivity index (χ4n) is 6.26. The zero-order valence-corrected chi connectivity index (χ0v) is 25.8. The molecule has 1 spiro atoms. The topological polar surface area (TPSA) is 128 Å². The normalized spacial score (nSPS) is 22.4. The first-order valence-corrected chi connectivity index (χ1v) is 13.7. The van der Waals surface area contributed by atoms with Gasteiger partial charge in [-0.05, 0) is 31.0 Å². The third-order valence-corrected chi connectivity index (χ3v) is 8.63. The molecule has 3 aliphatic rings. The van der Waals surface area contributed by atoms with Crippen molar-refractivity contribution >= 4 is 29.1 Å². The minimum absolute atomic E-state index is 0.000125. The maximum absolute atomic E-state index is 14.9. The number of hydrogen-bond acceptors (Lipinski definition) is 11. The number of dihydropyridines is 1. The molecule has 11 nitrogen and oxygen atoms in total. The molecule has 0 saturated carbocycles. The van der Waals surface area contributed by atoms with Crippen LogP contribution in [0.1, 0.15) is 42.1 Å². The van der Waals surface area contributed by atoms with Crippen LogP contribution in [0.4, 0.5) is 0 Å². The zero-order chi connectivity index (χ0) is 31.4. The molecule has 0 saturated heterocycles. The number of allylic oxidation sites excluding steroid dienone is 2. The lowest BCUT2D eigenvalue weighted by Crippen LogP contribution is -2.58. The van der Waals surface area contributed by atoms with E-state index in [2.05, 4.69) is 5.32 Å². The van der Waals surface area contributed by atoms with Crippen LogP contribution in [-0.2, 0) is 14.3 Å². The Bertz CT molecular complexity index is 1600. The van der Waals surface area contributed by atoms with Crippen molar-refractivity contribution in [1.29, 1.82) is 0 Å². The van der Waals surface area contributed by atoms with Crippen LogP contribution in [0, 0.1) is 5.92 Å². The van der Waals surface area contributed by atoms with E-state index < -0.39 is 35.0 Å². The lowest BCUT2D eigenvalue weighted by molar-refractivity contribution is -0.136. The van der Waals surface area contributed by atoms with Crippen LogP contribution < -0.4 is 33.7 Å². The van der Waals surface area contributed by atoms with E-state index in [0.717, 1.165) is 0 Å². The number of carbonyl (C=O) groups is 3. The summed E-state index contributed by atoms with van der Waals surface area (Å²) in [5, 5.41) is 3.27. The first-order valence-electron chi connectivity index (χ1n) is 13.4. The molecule has 2 aromatic carbocycles. The van der Waals surface area contributed by atoms with E-state index >= 15 is 0 Å². The molecule has 0 aromatic heterocycles. The molecule has 3 atom stereocenters. The van der Waals surface area contributed by atoms with Crippen LogP contribution in [0.5, 0.6) is 34.5 Å². The minimum Gasteiger partial charge on any atom is -0.496 e. The monoisotopic (exact) mass is 613 g/mol. The van der Waals surface area contributed by atoms with Crippen molar-refractivity contribution in [3.63, 3.8) is 0 Å². The maximum atomic E-state index is 14.9. The standard InChI is InChI=1S/C31H32ClNO10/c1-13-9-16-23(28(34)31(13)29(35)24-17(37-3)12-18(38-4)25(32)27(24)43-31)22(21(14(2)33-16)30(36)42-8)15-10-19(39-5)26(41-7)20(11-15)40-6/h10-13,22,33H,9H2,1-8H3/t13-,22?,31+/m1/s1. The molecule has 1 aliphatic carbocycles. The van der Waals surface area contributed by atoms with Crippen LogP contribution in [0.25, 0.3) is 0 Å². The smallest absolute Gasteiger partial charge is 0.336 e. The number of halogens is 1. The fraction of sp³-hybridized carbons (Fsp3) is 0.387. The van der Waals surface area contributed by atoms with E-state index in [-0.39, 0.29) is 45.4 Å². The molecule has 0 fully saturated rings. The molecule has 228 valence electrons. The molecule has 2 aliphatic heterocycles. The molecular formula is C31H32ClNO10. The van der Waals surface area contributed by atoms with E-state index in [1.807, 2.05) is 0 Å². The second-order valence-corrected chi connectivity index (χ2v) is 10.7. The molecular weight excluding hydrogens is 582 g/mol. The average Bonchev–Trinajstić information content (AvgIpc) is 3.32. The Labute approximate surface area is 253 Å². The zero-order valence-electron chi connectivity index (χ0n) is 25.1. The summed E-state index contributed by atoms with van der Waals surface area (Å²) in [6.07, 6.45) is 0.241. The summed E-state index contributed by atoms with van der Waals surface area (Å²) in [4.78, 5) is 42.5. The van der Waals surface area contributed by atoms with Gasteiger partial charge < -0.3 is 38.5 Å². The molecule has 43 heavy (non-hydrogen) atoms. The summed E-state index contributed by atoms with van der Waals surface area (Å²) < 4.78 is 39.0. The van der Waals surface area contributed by atoms with Crippen molar-refractivity contribution in [1.82, 2.24) is 5.32 Å². The van der Waals surface area contributed by atoms with Crippen LogP contribution in [0.3, 0.4) is 0 Å². The number of ether oxygens (including phenoxy) is 7. The van der Waals surface area contributed by atoms with Gasteiger partial charge in [-0.15, -0.1) is 0 Å². The van der Waals surface area contributed by atoms with Crippen LogP contribution in [-0.4, -0.2) is 65.8 Å². The van der Waals surface area contributed by atoms with Crippen molar-refractivity contribution < 1.29 is 47.5 Å². The van der Waals surface area contributed by atoms with E-state index in [0.29, 0.717) is 34.2 Å². The van der Waals surface area contributed by atoms with Gasteiger partial charge in [0.15, 0.2) is 17.2 Å². The first kappa shape index (κ1) is 30.1. The largest absolute Gasteiger partial charge is 0.496 e. The van der Waals surface area contributed by atoms with Crippen molar-refractivity contribution in [2.24, 2.45) is 5.92 Å². The predicted octanol–water partition coefficient (Wildman–Crippen LogP) is 4.39. The quantitative estimate of drug-likeness (QED) is 0.353. The van der Waals surface area contributed by atoms with E-state index in [1.54, 1.807) is 26.0 Å². The van der Waals surface area contributed by atoms with Gasteiger partial charge >= 0.3 is 5.97 Å². The second kappa shape index (κ2) is 11.0. The Morgan fingerprint density at radius 1 is 0.907 bits per heavy atom. The van der Waals surface area contributed by atoms with Crippen LogP contribution >= 0.6 is 11.6 Å². The van der Waals surface area contributed by atoms with Gasteiger partial charge in [-0.3, -0.25) is 9.59 Å². The molecule has 0 bridgehead atoms. The third kappa shape index (κ3) is 4.20. The number of fused-ring (bicyclic) bond motifs is 1. The molecule has 2 aromatic rings. The van der Waals surface area contributed by atoms with Gasteiger partial charge in [0.05, 0.1) is 48.2 Å². The van der Waals surface area contributed by atoms with Gasteiger partial charge in [0.2, 0.25) is 22.9 Å². The number of esters is 1. The Morgan fingerprint density at radius 3 is 2.05 bits per heavy atom. The van der Waals surface area contributed by atoms with Gasteiger partial charge in [-0.25, -0.2) is 4.79 Å². The summed E-state index contributed by atoms with van der Waals surface area (Å²) in [5.74, 6) is -2.16.